The van der Waals surface area contributed by atoms with E-state index in [-0.39, 0.29) is 37.5 Å². The average molecular weight is 1140 g/mol. The molecule has 6 heteroatoms. The predicted octanol–water partition coefficient (Wildman–Crippen LogP) is 24.2. The molecule has 470 valence electrons. The number of ether oxygens (including phenoxy) is 3. The summed E-state index contributed by atoms with van der Waals surface area (Å²) in [6.45, 7) is 6.51. The molecule has 0 aliphatic heterocycles. The first-order valence-corrected chi connectivity index (χ1v) is 34.9. The zero-order chi connectivity index (χ0) is 59.2. The summed E-state index contributed by atoms with van der Waals surface area (Å²) in [4.78, 5) is 38.5. The van der Waals surface area contributed by atoms with Crippen LogP contribution in [0, 0.1) is 0 Å². The van der Waals surface area contributed by atoms with Crippen molar-refractivity contribution in [2.45, 2.75) is 341 Å². The second-order valence-corrected chi connectivity index (χ2v) is 23.1. The van der Waals surface area contributed by atoms with Crippen molar-refractivity contribution in [2.75, 3.05) is 13.2 Å². The van der Waals surface area contributed by atoms with Gasteiger partial charge in [0.15, 0.2) is 6.10 Å². The van der Waals surface area contributed by atoms with Gasteiger partial charge in [-0.05, 0) is 109 Å². The van der Waals surface area contributed by atoms with Crippen LogP contribution in [0.4, 0.5) is 0 Å². The van der Waals surface area contributed by atoms with Crippen molar-refractivity contribution in [1.82, 2.24) is 0 Å². The van der Waals surface area contributed by atoms with Crippen LogP contribution < -0.4 is 0 Å². The maximum atomic E-state index is 12.9. The van der Waals surface area contributed by atoms with E-state index in [2.05, 4.69) is 130 Å². The quantitative estimate of drug-likeness (QED) is 0.0261. The van der Waals surface area contributed by atoms with Gasteiger partial charge in [-0.15, -0.1) is 0 Å². The molecule has 0 aliphatic rings. The minimum Gasteiger partial charge on any atom is -0.462 e. The van der Waals surface area contributed by atoms with E-state index in [0.717, 1.165) is 116 Å². The fourth-order valence-corrected chi connectivity index (χ4v) is 9.81. The molecule has 0 aromatic rings. The minimum atomic E-state index is -0.810. The molecule has 0 amide bonds. The summed E-state index contributed by atoms with van der Waals surface area (Å²) in [6.07, 6.45) is 95.3. The van der Waals surface area contributed by atoms with Gasteiger partial charge < -0.3 is 14.2 Å². The van der Waals surface area contributed by atoms with E-state index in [1.807, 2.05) is 0 Å². The van der Waals surface area contributed by atoms with Crippen molar-refractivity contribution in [3.63, 3.8) is 0 Å². The Labute approximate surface area is 508 Å². The van der Waals surface area contributed by atoms with Gasteiger partial charge in [0.1, 0.15) is 13.2 Å². The van der Waals surface area contributed by atoms with E-state index >= 15 is 0 Å². The fourth-order valence-electron chi connectivity index (χ4n) is 9.81. The predicted molar refractivity (Wildman–Crippen MR) is 357 cm³/mol. The summed E-state index contributed by atoms with van der Waals surface area (Å²) >= 11 is 0. The third kappa shape index (κ3) is 66.9. The Hall–Kier alpha value is -3.93. The number of rotatable bonds is 63. The molecular formula is C76H130O6. The highest BCUT2D eigenvalue weighted by Crippen LogP contribution is 2.17. The molecule has 0 saturated carbocycles. The molecule has 0 aliphatic carbocycles. The van der Waals surface area contributed by atoms with E-state index < -0.39 is 6.10 Å². The summed E-state index contributed by atoms with van der Waals surface area (Å²) in [5.74, 6) is -0.942. The Morgan fingerprint density at radius 2 is 0.476 bits per heavy atom. The first-order chi connectivity index (χ1) is 40.5. The Morgan fingerprint density at radius 3 is 0.768 bits per heavy atom. The van der Waals surface area contributed by atoms with Crippen LogP contribution in [-0.2, 0) is 28.6 Å². The Bertz CT molecular complexity index is 1640. The molecule has 0 rings (SSSR count). The molecular weight excluding hydrogens is 1010 g/mol. The van der Waals surface area contributed by atoms with Crippen LogP contribution in [0.25, 0.3) is 0 Å². The van der Waals surface area contributed by atoms with E-state index in [1.165, 1.54) is 173 Å². The summed E-state index contributed by atoms with van der Waals surface area (Å²) in [5, 5.41) is 0. The highest BCUT2D eigenvalue weighted by atomic mass is 16.6. The maximum absolute atomic E-state index is 12.9. The maximum Gasteiger partial charge on any atom is 0.306 e. The zero-order valence-electron chi connectivity index (χ0n) is 54.0. The molecule has 82 heavy (non-hydrogen) atoms. The Balaban J connectivity index is 4.46. The molecule has 0 bridgehead atoms. The number of carbonyl (C=O) groups is 3. The number of unbranched alkanes of at least 4 members (excludes halogenated alkanes) is 34. The largest absolute Gasteiger partial charge is 0.462 e. The number of esters is 3. The molecule has 1 atom stereocenters. The van der Waals surface area contributed by atoms with Crippen molar-refractivity contribution < 1.29 is 28.6 Å². The highest BCUT2D eigenvalue weighted by molar-refractivity contribution is 5.71. The lowest BCUT2D eigenvalue weighted by Crippen LogP contribution is -2.30. The molecule has 6 nitrogen and oxygen atoms in total. The van der Waals surface area contributed by atoms with Gasteiger partial charge >= 0.3 is 17.9 Å². The number of hydrogen-bond donors (Lipinski definition) is 0. The highest BCUT2D eigenvalue weighted by Gasteiger charge is 2.19. The summed E-state index contributed by atoms with van der Waals surface area (Å²) in [6, 6.07) is 0. The van der Waals surface area contributed by atoms with Crippen LogP contribution in [0.3, 0.4) is 0 Å². The Morgan fingerprint density at radius 1 is 0.256 bits per heavy atom. The van der Waals surface area contributed by atoms with Crippen LogP contribution in [-0.4, -0.2) is 37.2 Å². The first-order valence-electron chi connectivity index (χ1n) is 34.9. The van der Waals surface area contributed by atoms with Gasteiger partial charge in [-0.2, -0.15) is 0 Å². The second kappa shape index (κ2) is 69.6. The first kappa shape index (κ1) is 78.1. The van der Waals surface area contributed by atoms with Gasteiger partial charge in [-0.25, -0.2) is 0 Å². The van der Waals surface area contributed by atoms with Crippen molar-refractivity contribution in [3.8, 4) is 0 Å². The second-order valence-electron chi connectivity index (χ2n) is 23.1. The fraction of sp³-hybridized carbons (Fsp3) is 0.724. The lowest BCUT2D eigenvalue weighted by atomic mass is 10.0. The van der Waals surface area contributed by atoms with Crippen molar-refractivity contribution in [1.29, 1.82) is 0 Å². The van der Waals surface area contributed by atoms with Gasteiger partial charge in [0.05, 0.1) is 0 Å². The summed E-state index contributed by atoms with van der Waals surface area (Å²) in [5.41, 5.74) is 0. The van der Waals surface area contributed by atoms with Crippen LogP contribution in [0.2, 0.25) is 0 Å². The SMILES string of the molecule is CC/C=C\C/C=C\C/C=C\C/C=C\C/C=C\C/C=C\CCCCC(=O)OC(COC(=O)CCCCCCCC/C=C\C/C=C\C/C=C\CCCCCCC)COC(=O)CCCCCCCCCCCCCCCCCCCCCCCC. The van der Waals surface area contributed by atoms with Gasteiger partial charge in [-0.1, -0.05) is 316 Å². The average Bonchev–Trinajstić information content (AvgIpc) is 3.47. The van der Waals surface area contributed by atoms with Crippen LogP contribution in [0.1, 0.15) is 335 Å². The van der Waals surface area contributed by atoms with E-state index in [9.17, 15) is 14.4 Å². The van der Waals surface area contributed by atoms with Gasteiger partial charge in [0, 0.05) is 19.3 Å². The molecule has 0 aromatic heterocycles. The third-order valence-electron chi connectivity index (χ3n) is 15.0. The standard InChI is InChI=1S/C76H130O6/c1-4-7-10-13-16-19-22-25-28-31-34-37-40-42-45-48-51-54-57-60-63-66-69-75(78)81-72-73(82-76(79)70-67-64-61-58-55-52-49-46-43-39-36-33-30-27-24-21-18-15-12-9-6-3)71-80-74(77)68-65-62-59-56-53-50-47-44-41-38-35-32-29-26-23-20-17-14-11-8-5-2/h9,12,18,21,23,26-27,30,32,35-36,39,41,44,46,49,55,58,73H,4-8,10-11,13-17,19-20,22,24-25,28-29,31,33-34,37-38,40,42-43,45,47-48,50-54,56-57,59-72H2,1-3H3/b12-9-,21-18-,26-23-,30-27-,35-32-,39-36-,44-41-,49-46-,58-55-. The molecule has 0 heterocycles. The molecule has 0 N–H and O–H groups in total. The Kier molecular flexibility index (Phi) is 66.2. The van der Waals surface area contributed by atoms with Crippen LogP contribution in [0.5, 0.6) is 0 Å². The van der Waals surface area contributed by atoms with Crippen molar-refractivity contribution in [2.24, 2.45) is 0 Å². The van der Waals surface area contributed by atoms with Crippen LogP contribution in [0.15, 0.2) is 109 Å². The molecule has 0 aromatic carbocycles. The van der Waals surface area contributed by atoms with Gasteiger partial charge in [0.25, 0.3) is 0 Å². The van der Waals surface area contributed by atoms with Crippen molar-refractivity contribution >= 4 is 17.9 Å². The third-order valence-corrected chi connectivity index (χ3v) is 15.0. The number of allylic oxidation sites excluding steroid dienone is 18. The molecule has 1 unspecified atom stereocenters. The van der Waals surface area contributed by atoms with E-state index in [4.69, 9.17) is 14.2 Å². The number of hydrogen-bond acceptors (Lipinski definition) is 6. The molecule has 0 spiro atoms. The van der Waals surface area contributed by atoms with E-state index in [0.29, 0.717) is 19.3 Å². The number of carbonyl (C=O) groups excluding carboxylic acids is 3. The van der Waals surface area contributed by atoms with Crippen LogP contribution >= 0.6 is 0 Å². The van der Waals surface area contributed by atoms with Gasteiger partial charge in [0.2, 0.25) is 0 Å². The lowest BCUT2D eigenvalue weighted by molar-refractivity contribution is -0.167. The molecule has 0 radical (unpaired) electrons. The lowest BCUT2D eigenvalue weighted by Gasteiger charge is -2.18. The minimum absolute atomic E-state index is 0.0987. The molecule has 0 fully saturated rings. The smallest absolute Gasteiger partial charge is 0.306 e. The molecule has 0 saturated heterocycles. The van der Waals surface area contributed by atoms with E-state index in [1.54, 1.807) is 0 Å². The summed E-state index contributed by atoms with van der Waals surface area (Å²) in [7, 11) is 0. The zero-order valence-corrected chi connectivity index (χ0v) is 54.0. The monoisotopic (exact) mass is 1140 g/mol. The van der Waals surface area contributed by atoms with Crippen molar-refractivity contribution in [3.05, 3.63) is 109 Å². The normalized spacial score (nSPS) is 12.8. The topological polar surface area (TPSA) is 78.9 Å². The summed E-state index contributed by atoms with van der Waals surface area (Å²) < 4.78 is 16.9. The van der Waals surface area contributed by atoms with Gasteiger partial charge in [-0.3, -0.25) is 14.4 Å².